The Bertz CT molecular complexity index is 579. The van der Waals surface area contributed by atoms with Gasteiger partial charge >= 0.3 is 12.3 Å². The number of carbonyl (C=O) groups is 2. The highest BCUT2D eigenvalue weighted by atomic mass is 79.9. The zero-order chi connectivity index (χ0) is 16.2. The first-order valence-corrected chi connectivity index (χ1v) is 6.51. The van der Waals surface area contributed by atoms with Crippen LogP contribution in [0.25, 0.3) is 6.08 Å². The number of aliphatic carboxylic acids is 1. The number of carbonyl (C=O) groups excluding carboxylic acids is 1. The molecule has 0 aliphatic heterocycles. The van der Waals surface area contributed by atoms with Crippen LogP contribution in [0.3, 0.4) is 0 Å². The van der Waals surface area contributed by atoms with Crippen LogP contribution in [-0.2, 0) is 4.79 Å². The lowest BCUT2D eigenvalue weighted by Gasteiger charge is -2.14. The summed E-state index contributed by atoms with van der Waals surface area (Å²) in [4.78, 5) is 21.9. The number of carboxylic acids is 1. The molecular weight excluding hydrogens is 357 g/mol. The van der Waals surface area contributed by atoms with Crippen molar-refractivity contribution in [3.05, 3.63) is 35.4 Å². The van der Waals surface area contributed by atoms with Gasteiger partial charge in [-0.2, -0.15) is 0 Å². The van der Waals surface area contributed by atoms with Crippen molar-refractivity contribution in [2.75, 3.05) is 0 Å². The number of hydrogen-bond donors (Lipinski definition) is 1. The van der Waals surface area contributed by atoms with Crippen molar-refractivity contribution in [3.8, 4) is 5.75 Å². The largest absolute Gasteiger partial charge is 0.573 e. The third-order valence-corrected chi connectivity index (χ3v) is 2.73. The molecular formula is C13H10BrF3O4. The molecule has 1 atom stereocenters. The van der Waals surface area contributed by atoms with E-state index in [4.69, 9.17) is 5.11 Å². The van der Waals surface area contributed by atoms with E-state index in [0.29, 0.717) is 6.08 Å². The molecule has 0 saturated heterocycles. The second kappa shape index (κ2) is 6.75. The minimum Gasteiger partial charge on any atom is -0.478 e. The molecule has 4 nitrogen and oxygen atoms in total. The van der Waals surface area contributed by atoms with Crippen LogP contribution in [0.1, 0.15) is 22.8 Å². The first kappa shape index (κ1) is 17.2. The van der Waals surface area contributed by atoms with Crippen molar-refractivity contribution in [1.82, 2.24) is 0 Å². The number of Topliss-reactive ketones (excluding diaryl/α,β-unsaturated/α-hetero) is 1. The molecule has 0 fully saturated rings. The average Bonchev–Trinajstić information content (AvgIpc) is 2.33. The van der Waals surface area contributed by atoms with Crippen LogP contribution in [0.15, 0.2) is 24.3 Å². The van der Waals surface area contributed by atoms with Crippen LogP contribution >= 0.6 is 15.9 Å². The highest BCUT2D eigenvalue weighted by Crippen LogP contribution is 2.30. The summed E-state index contributed by atoms with van der Waals surface area (Å²) in [7, 11) is 0. The van der Waals surface area contributed by atoms with Gasteiger partial charge in [-0.1, -0.05) is 28.1 Å². The fourth-order valence-corrected chi connectivity index (χ4v) is 1.76. The Morgan fingerprint density at radius 2 is 2.00 bits per heavy atom. The number of ketones is 1. The van der Waals surface area contributed by atoms with Gasteiger partial charge < -0.3 is 9.84 Å². The Morgan fingerprint density at radius 3 is 2.48 bits per heavy atom. The first-order chi connectivity index (χ1) is 9.61. The van der Waals surface area contributed by atoms with Gasteiger partial charge in [0, 0.05) is 17.2 Å². The Balaban J connectivity index is 3.40. The van der Waals surface area contributed by atoms with Gasteiger partial charge in [0.15, 0.2) is 5.78 Å². The minimum atomic E-state index is -4.95. The topological polar surface area (TPSA) is 63.6 Å². The van der Waals surface area contributed by atoms with E-state index < -0.39 is 28.7 Å². The Morgan fingerprint density at radius 1 is 1.38 bits per heavy atom. The maximum Gasteiger partial charge on any atom is 0.573 e. The Labute approximate surface area is 126 Å². The molecule has 0 aliphatic rings. The molecule has 8 heteroatoms. The van der Waals surface area contributed by atoms with Crippen molar-refractivity contribution in [2.45, 2.75) is 18.1 Å². The third kappa shape index (κ3) is 5.22. The van der Waals surface area contributed by atoms with Crippen molar-refractivity contribution in [1.29, 1.82) is 0 Å². The van der Waals surface area contributed by atoms with Crippen molar-refractivity contribution < 1.29 is 32.6 Å². The predicted octanol–water partition coefficient (Wildman–Crippen LogP) is 3.65. The molecule has 0 amide bonds. The van der Waals surface area contributed by atoms with Crippen molar-refractivity contribution >= 4 is 33.8 Å². The molecule has 1 unspecified atom stereocenters. The number of alkyl halides is 4. The maximum absolute atomic E-state index is 12.4. The average molecular weight is 367 g/mol. The standard InChI is InChI=1S/C13H10BrF3O4/c1-7(14)12(20)9-3-2-4-10(21-13(15,16)17)8(9)5-6-11(18)19/h2-7H,1H3,(H,18,19). The van der Waals surface area contributed by atoms with Crippen LogP contribution in [0, 0.1) is 0 Å². The summed E-state index contributed by atoms with van der Waals surface area (Å²) in [6.07, 6.45) is -3.42. The lowest BCUT2D eigenvalue weighted by atomic mass is 10.0. The zero-order valence-corrected chi connectivity index (χ0v) is 12.2. The summed E-state index contributed by atoms with van der Waals surface area (Å²) in [6, 6.07) is 3.53. The van der Waals surface area contributed by atoms with E-state index in [0.717, 1.165) is 12.1 Å². The second-order valence-corrected chi connectivity index (χ2v) is 5.29. The molecule has 1 N–H and O–H groups in total. The molecule has 0 bridgehead atoms. The second-order valence-electron chi connectivity index (χ2n) is 3.92. The van der Waals surface area contributed by atoms with Gasteiger partial charge in [0.05, 0.1) is 4.83 Å². The molecule has 0 aliphatic carbocycles. The van der Waals surface area contributed by atoms with Crippen molar-refractivity contribution in [3.63, 3.8) is 0 Å². The van der Waals surface area contributed by atoms with E-state index in [2.05, 4.69) is 20.7 Å². The molecule has 0 radical (unpaired) electrons. The number of hydrogen-bond acceptors (Lipinski definition) is 3. The van der Waals surface area contributed by atoms with Gasteiger partial charge in [-0.05, 0) is 19.1 Å². The quantitative estimate of drug-likeness (QED) is 0.490. The van der Waals surface area contributed by atoms with Crippen molar-refractivity contribution in [2.24, 2.45) is 0 Å². The summed E-state index contributed by atoms with van der Waals surface area (Å²) < 4.78 is 40.9. The number of ether oxygens (including phenoxy) is 1. The highest BCUT2D eigenvalue weighted by molar-refractivity contribution is 9.10. The van der Waals surface area contributed by atoms with Crippen LogP contribution in [-0.4, -0.2) is 28.0 Å². The van der Waals surface area contributed by atoms with Gasteiger partial charge in [0.1, 0.15) is 5.75 Å². The summed E-state index contributed by atoms with van der Waals surface area (Å²) in [5.41, 5.74) is -0.313. The number of halogens is 4. The smallest absolute Gasteiger partial charge is 0.478 e. The number of carboxylic acid groups (broad SMARTS) is 1. The van der Waals surface area contributed by atoms with Gasteiger partial charge in [-0.15, -0.1) is 13.2 Å². The first-order valence-electron chi connectivity index (χ1n) is 5.60. The van der Waals surface area contributed by atoms with E-state index in [1.807, 2.05) is 0 Å². The fourth-order valence-electron chi connectivity index (χ4n) is 1.51. The SMILES string of the molecule is CC(Br)C(=O)c1cccc(OC(F)(F)F)c1C=CC(=O)O. The van der Waals surface area contributed by atoms with E-state index in [1.165, 1.54) is 19.1 Å². The van der Waals surface area contributed by atoms with Crippen LogP contribution in [0.2, 0.25) is 0 Å². The Kier molecular flexibility index (Phi) is 5.54. The van der Waals surface area contributed by atoms with Gasteiger partial charge in [0.2, 0.25) is 0 Å². The van der Waals surface area contributed by atoms with Gasteiger partial charge in [-0.3, -0.25) is 4.79 Å². The van der Waals surface area contributed by atoms with E-state index in [9.17, 15) is 22.8 Å². The van der Waals surface area contributed by atoms with E-state index in [1.54, 1.807) is 0 Å². The third-order valence-electron chi connectivity index (χ3n) is 2.31. The lowest BCUT2D eigenvalue weighted by Crippen LogP contribution is -2.19. The normalized spacial score (nSPS) is 13.2. The molecule has 1 aromatic rings. The maximum atomic E-state index is 12.4. The molecule has 0 saturated carbocycles. The lowest BCUT2D eigenvalue weighted by molar-refractivity contribution is -0.274. The summed E-state index contributed by atoms with van der Waals surface area (Å²) in [5, 5.41) is 8.59. The fraction of sp³-hybridized carbons (Fsp3) is 0.231. The summed E-state index contributed by atoms with van der Waals surface area (Å²) in [6.45, 7) is 1.50. The van der Waals surface area contributed by atoms with Gasteiger partial charge in [-0.25, -0.2) is 4.79 Å². The van der Waals surface area contributed by atoms with Gasteiger partial charge in [0.25, 0.3) is 0 Å². The molecule has 0 heterocycles. The molecule has 114 valence electrons. The van der Waals surface area contributed by atoms with Crippen LogP contribution < -0.4 is 4.74 Å². The number of benzene rings is 1. The number of rotatable bonds is 5. The minimum absolute atomic E-state index is 0.0707. The van der Waals surface area contributed by atoms with Crippen LogP contribution in [0.5, 0.6) is 5.75 Å². The van der Waals surface area contributed by atoms with E-state index in [-0.39, 0.29) is 11.1 Å². The molecule has 1 aromatic carbocycles. The molecule has 21 heavy (non-hydrogen) atoms. The Hall–Kier alpha value is -1.83. The zero-order valence-electron chi connectivity index (χ0n) is 10.6. The highest BCUT2D eigenvalue weighted by Gasteiger charge is 2.32. The molecule has 1 rings (SSSR count). The molecule has 0 spiro atoms. The van der Waals surface area contributed by atoms with E-state index >= 15 is 0 Å². The monoisotopic (exact) mass is 366 g/mol. The molecule has 0 aromatic heterocycles. The van der Waals surface area contributed by atoms with Crippen LogP contribution in [0.4, 0.5) is 13.2 Å². The summed E-state index contributed by atoms with van der Waals surface area (Å²) in [5.74, 6) is -2.49. The summed E-state index contributed by atoms with van der Waals surface area (Å²) >= 11 is 3.02. The predicted molar refractivity (Wildman–Crippen MR) is 72.5 cm³/mol.